The standard InChI is InChI=1S/C15H11N3OS/c19-14(12-5-3-7-16-15(12)20)18-11-8-10-4-1-2-6-13(10)17-9-11/h1-9H,(H,16,20)(H,18,19). The highest BCUT2D eigenvalue weighted by molar-refractivity contribution is 7.71. The molecule has 0 bridgehead atoms. The molecule has 20 heavy (non-hydrogen) atoms. The number of pyridine rings is 2. The van der Waals surface area contributed by atoms with Crippen LogP contribution in [0.5, 0.6) is 0 Å². The molecule has 0 aliphatic heterocycles. The lowest BCUT2D eigenvalue weighted by atomic mass is 10.2. The molecular weight excluding hydrogens is 270 g/mol. The van der Waals surface area contributed by atoms with Gasteiger partial charge in [-0.3, -0.25) is 9.78 Å². The fourth-order valence-electron chi connectivity index (χ4n) is 1.94. The van der Waals surface area contributed by atoms with Crippen molar-refractivity contribution in [2.75, 3.05) is 5.32 Å². The van der Waals surface area contributed by atoms with Gasteiger partial charge in [-0.05, 0) is 24.3 Å². The maximum atomic E-state index is 12.1. The van der Waals surface area contributed by atoms with Gasteiger partial charge in [-0.15, -0.1) is 0 Å². The summed E-state index contributed by atoms with van der Waals surface area (Å²) in [4.78, 5) is 19.3. The molecule has 5 heteroatoms. The van der Waals surface area contributed by atoms with Gasteiger partial charge in [0.15, 0.2) is 0 Å². The Bertz CT molecular complexity index is 841. The van der Waals surface area contributed by atoms with E-state index in [1.165, 1.54) is 0 Å². The number of hydrogen-bond donors (Lipinski definition) is 2. The molecule has 0 aliphatic rings. The molecule has 1 aromatic carbocycles. The van der Waals surface area contributed by atoms with Crippen molar-refractivity contribution in [2.24, 2.45) is 0 Å². The van der Waals surface area contributed by atoms with Crippen molar-refractivity contribution in [2.45, 2.75) is 0 Å². The van der Waals surface area contributed by atoms with Crippen LogP contribution >= 0.6 is 12.2 Å². The Balaban J connectivity index is 1.91. The van der Waals surface area contributed by atoms with Crippen molar-refractivity contribution in [3.05, 3.63) is 65.1 Å². The Hall–Kier alpha value is -2.53. The maximum absolute atomic E-state index is 12.1. The summed E-state index contributed by atoms with van der Waals surface area (Å²) in [5.74, 6) is -0.246. The molecular formula is C15H11N3OS. The van der Waals surface area contributed by atoms with E-state index in [-0.39, 0.29) is 5.91 Å². The highest BCUT2D eigenvalue weighted by Gasteiger charge is 2.08. The van der Waals surface area contributed by atoms with Crippen molar-refractivity contribution >= 4 is 34.7 Å². The van der Waals surface area contributed by atoms with Crippen LogP contribution in [0.15, 0.2) is 54.9 Å². The molecule has 3 rings (SSSR count). The van der Waals surface area contributed by atoms with E-state index in [0.717, 1.165) is 10.9 Å². The molecule has 0 atom stereocenters. The number of benzene rings is 1. The van der Waals surface area contributed by atoms with E-state index in [1.54, 1.807) is 24.5 Å². The Morgan fingerprint density at radius 2 is 2.05 bits per heavy atom. The summed E-state index contributed by atoms with van der Waals surface area (Å²) in [5, 5.41) is 3.78. The average molecular weight is 281 g/mol. The second kappa shape index (κ2) is 5.22. The van der Waals surface area contributed by atoms with E-state index in [4.69, 9.17) is 12.2 Å². The molecule has 0 radical (unpaired) electrons. The first-order valence-corrected chi connectivity index (χ1v) is 6.49. The molecule has 0 fully saturated rings. The van der Waals surface area contributed by atoms with Crippen LogP contribution in [0.1, 0.15) is 10.4 Å². The van der Waals surface area contributed by atoms with E-state index in [9.17, 15) is 4.79 Å². The van der Waals surface area contributed by atoms with Crippen molar-refractivity contribution in [3.8, 4) is 0 Å². The van der Waals surface area contributed by atoms with Crippen LogP contribution in [0, 0.1) is 4.64 Å². The van der Waals surface area contributed by atoms with Gasteiger partial charge >= 0.3 is 0 Å². The number of para-hydroxylation sites is 1. The average Bonchev–Trinajstić information content (AvgIpc) is 2.47. The van der Waals surface area contributed by atoms with Crippen LogP contribution in [-0.4, -0.2) is 15.9 Å². The summed E-state index contributed by atoms with van der Waals surface area (Å²) < 4.78 is 0.416. The molecule has 98 valence electrons. The summed E-state index contributed by atoms with van der Waals surface area (Å²) in [5.41, 5.74) is 1.98. The zero-order valence-electron chi connectivity index (χ0n) is 10.5. The first-order chi connectivity index (χ1) is 9.74. The second-order valence-corrected chi connectivity index (χ2v) is 4.69. The summed E-state index contributed by atoms with van der Waals surface area (Å²) in [6.07, 6.45) is 3.33. The molecule has 2 N–H and O–H groups in total. The smallest absolute Gasteiger partial charge is 0.258 e. The first kappa shape index (κ1) is 12.5. The van der Waals surface area contributed by atoms with E-state index in [1.807, 2.05) is 30.3 Å². The maximum Gasteiger partial charge on any atom is 0.258 e. The van der Waals surface area contributed by atoms with E-state index >= 15 is 0 Å². The number of H-pyrrole nitrogens is 1. The topological polar surface area (TPSA) is 57.8 Å². The molecule has 0 saturated heterocycles. The Morgan fingerprint density at radius 3 is 2.90 bits per heavy atom. The van der Waals surface area contributed by atoms with Crippen molar-refractivity contribution in [1.29, 1.82) is 0 Å². The minimum absolute atomic E-state index is 0.246. The molecule has 1 amide bonds. The fraction of sp³-hybridized carbons (Fsp3) is 0. The number of hydrogen-bond acceptors (Lipinski definition) is 3. The number of aromatic nitrogens is 2. The lowest BCUT2D eigenvalue weighted by molar-refractivity contribution is 0.102. The van der Waals surface area contributed by atoms with Gasteiger partial charge in [-0.25, -0.2) is 0 Å². The number of rotatable bonds is 2. The molecule has 4 nitrogen and oxygen atoms in total. The molecule has 0 unspecified atom stereocenters. The Labute approximate surface area is 120 Å². The summed E-state index contributed by atoms with van der Waals surface area (Å²) in [6, 6.07) is 13.0. The molecule has 0 aliphatic carbocycles. The summed E-state index contributed by atoms with van der Waals surface area (Å²) in [7, 11) is 0. The number of carbonyl (C=O) groups excluding carboxylic acids is 1. The molecule has 0 spiro atoms. The van der Waals surface area contributed by atoms with E-state index in [0.29, 0.717) is 15.9 Å². The third-order valence-electron chi connectivity index (χ3n) is 2.91. The first-order valence-electron chi connectivity index (χ1n) is 6.08. The molecule has 2 heterocycles. The minimum Gasteiger partial charge on any atom is -0.352 e. The number of nitrogens with zero attached hydrogens (tertiary/aromatic N) is 1. The lowest BCUT2D eigenvalue weighted by Crippen LogP contribution is -2.13. The van der Waals surface area contributed by atoms with Gasteiger partial charge in [-0.1, -0.05) is 30.4 Å². The number of amides is 1. The van der Waals surface area contributed by atoms with Crippen LogP contribution in [0.3, 0.4) is 0 Å². The molecule has 3 aromatic rings. The second-order valence-electron chi connectivity index (χ2n) is 4.28. The van der Waals surface area contributed by atoms with Crippen molar-refractivity contribution in [3.63, 3.8) is 0 Å². The Morgan fingerprint density at radius 1 is 1.20 bits per heavy atom. The van der Waals surface area contributed by atoms with Gasteiger partial charge < -0.3 is 10.3 Å². The van der Waals surface area contributed by atoms with Gasteiger partial charge in [0.2, 0.25) is 0 Å². The summed E-state index contributed by atoms with van der Waals surface area (Å²) in [6.45, 7) is 0. The van der Waals surface area contributed by atoms with Crippen LogP contribution in [-0.2, 0) is 0 Å². The van der Waals surface area contributed by atoms with Crippen LogP contribution in [0.2, 0.25) is 0 Å². The van der Waals surface area contributed by atoms with Gasteiger partial charge in [0, 0.05) is 11.6 Å². The normalized spacial score (nSPS) is 10.4. The highest BCUT2D eigenvalue weighted by Crippen LogP contribution is 2.16. The summed E-state index contributed by atoms with van der Waals surface area (Å²) >= 11 is 5.09. The van der Waals surface area contributed by atoms with Crippen LogP contribution < -0.4 is 5.32 Å². The SMILES string of the molecule is O=C(Nc1cnc2ccccc2c1)c1ccc[nH]c1=S. The van der Waals surface area contributed by atoms with E-state index < -0.39 is 0 Å². The van der Waals surface area contributed by atoms with Gasteiger partial charge in [0.25, 0.3) is 5.91 Å². The number of carbonyl (C=O) groups is 1. The quantitative estimate of drug-likeness (QED) is 0.706. The number of anilines is 1. The third kappa shape index (κ3) is 2.44. The molecule has 2 aromatic heterocycles. The Kier molecular flexibility index (Phi) is 3.26. The number of fused-ring (bicyclic) bond motifs is 1. The van der Waals surface area contributed by atoms with Gasteiger partial charge in [0.05, 0.1) is 23.0 Å². The predicted octanol–water partition coefficient (Wildman–Crippen LogP) is 3.54. The molecule has 0 saturated carbocycles. The zero-order valence-corrected chi connectivity index (χ0v) is 11.3. The van der Waals surface area contributed by atoms with Crippen LogP contribution in [0.4, 0.5) is 5.69 Å². The zero-order chi connectivity index (χ0) is 13.9. The predicted molar refractivity (Wildman–Crippen MR) is 81.3 cm³/mol. The number of aromatic amines is 1. The van der Waals surface area contributed by atoms with Crippen LogP contribution in [0.25, 0.3) is 10.9 Å². The lowest BCUT2D eigenvalue weighted by Gasteiger charge is -2.06. The van der Waals surface area contributed by atoms with Crippen molar-refractivity contribution in [1.82, 2.24) is 9.97 Å². The highest BCUT2D eigenvalue weighted by atomic mass is 32.1. The van der Waals surface area contributed by atoms with Gasteiger partial charge in [0.1, 0.15) is 4.64 Å². The minimum atomic E-state index is -0.246. The monoisotopic (exact) mass is 281 g/mol. The van der Waals surface area contributed by atoms with Crippen molar-refractivity contribution < 1.29 is 4.79 Å². The van der Waals surface area contributed by atoms with Gasteiger partial charge in [-0.2, -0.15) is 0 Å². The number of nitrogens with one attached hydrogen (secondary N) is 2. The largest absolute Gasteiger partial charge is 0.352 e. The van der Waals surface area contributed by atoms with E-state index in [2.05, 4.69) is 15.3 Å². The fourth-order valence-corrected chi connectivity index (χ4v) is 2.17. The third-order valence-corrected chi connectivity index (χ3v) is 3.25.